The van der Waals surface area contributed by atoms with E-state index in [4.69, 9.17) is 18.9 Å². The van der Waals surface area contributed by atoms with Gasteiger partial charge in [0.1, 0.15) is 0 Å². The Morgan fingerprint density at radius 1 is 0.333 bits per heavy atom. The third-order valence-corrected chi connectivity index (χ3v) is 12.6. The molecule has 0 saturated heterocycles. The van der Waals surface area contributed by atoms with Crippen LogP contribution < -0.4 is 18.9 Å². The summed E-state index contributed by atoms with van der Waals surface area (Å²) >= 11 is 0. The molecular weight excluding hydrogens is 853 g/mol. The lowest BCUT2D eigenvalue weighted by Gasteiger charge is -2.21. The number of hydrogen-bond acceptors (Lipinski definition) is 6. The molecule has 0 aromatic heterocycles. The number of hydrogen-bond donors (Lipinski definition) is 0. The maximum absolute atomic E-state index is 12.1. The molecule has 0 atom stereocenters. The van der Waals surface area contributed by atoms with Crippen LogP contribution in [-0.4, -0.2) is 26.2 Å². The number of ether oxygens (including phenoxy) is 4. The molecule has 0 saturated carbocycles. The van der Waals surface area contributed by atoms with Crippen molar-refractivity contribution in [2.75, 3.05) is 14.2 Å². The number of allylic oxidation sites excluding steroid dienone is 20. The summed E-state index contributed by atoms with van der Waals surface area (Å²) in [6, 6.07) is 0. The molecule has 0 aliphatic rings. The van der Waals surface area contributed by atoms with Crippen LogP contribution in [0.2, 0.25) is 0 Å². The van der Waals surface area contributed by atoms with Gasteiger partial charge >= 0.3 is 11.9 Å². The summed E-state index contributed by atoms with van der Waals surface area (Å²) in [7, 11) is 2.92. The summed E-state index contributed by atoms with van der Waals surface area (Å²) in [4.78, 5) is 24.0. The summed E-state index contributed by atoms with van der Waals surface area (Å²) in [5.74, 6) is 0.00860. The second kappa shape index (κ2) is 36.2. The largest absolute Gasteiger partial charge is 0.490 e. The number of esters is 2. The van der Waals surface area contributed by atoms with Crippen molar-refractivity contribution in [1.29, 1.82) is 0 Å². The summed E-state index contributed by atoms with van der Waals surface area (Å²) in [5, 5.41) is 0. The smallest absolute Gasteiger partial charge is 0.308 e. The van der Waals surface area contributed by atoms with Gasteiger partial charge in [0.15, 0.2) is 11.5 Å². The van der Waals surface area contributed by atoms with E-state index in [9.17, 15) is 9.59 Å². The zero-order valence-electron chi connectivity index (χ0n) is 46.7. The number of carbonyl (C=O) groups excluding carboxylic acids is 2. The quantitative estimate of drug-likeness (QED) is 0.0397. The highest BCUT2D eigenvalue weighted by molar-refractivity contribution is 5.78. The van der Waals surface area contributed by atoms with Crippen molar-refractivity contribution < 1.29 is 28.5 Å². The topological polar surface area (TPSA) is 71.1 Å². The molecule has 0 amide bonds. The monoisotopic (exact) mass is 949 g/mol. The van der Waals surface area contributed by atoms with Crippen LogP contribution in [0.5, 0.6) is 23.0 Å². The van der Waals surface area contributed by atoms with Crippen LogP contribution in [-0.2, 0) is 16.0 Å². The van der Waals surface area contributed by atoms with Crippen molar-refractivity contribution in [3.05, 3.63) is 128 Å². The maximum Gasteiger partial charge on any atom is 0.308 e. The molecule has 0 aliphatic carbocycles. The fraction of sp³-hybridized carbons (Fsp3) is 0.556. The van der Waals surface area contributed by atoms with Gasteiger partial charge in [-0.2, -0.15) is 0 Å². The van der Waals surface area contributed by atoms with Gasteiger partial charge in [-0.1, -0.05) is 116 Å². The van der Waals surface area contributed by atoms with Crippen molar-refractivity contribution in [3.63, 3.8) is 0 Å². The van der Waals surface area contributed by atoms with Crippen molar-refractivity contribution in [2.24, 2.45) is 0 Å². The highest BCUT2D eigenvalue weighted by atomic mass is 16.6. The SMILES string of the molecule is COc1c(OC(C)=O)c(C)c(C/C=C(\C)CC/C=C(\C)CC/C=C(\C)CC/C=C(\C)CC/C=C(\C)CC/C=C(\C)CC/C=C(\C)CC/C=C(\C)CC/C=C(\C)CCC=C(C)C)c(OC(C)=O)c1OC. The molecule has 1 aromatic carbocycles. The molecule has 6 heteroatoms. The maximum atomic E-state index is 12.1. The van der Waals surface area contributed by atoms with Crippen molar-refractivity contribution in [2.45, 2.75) is 219 Å². The predicted molar refractivity (Wildman–Crippen MR) is 297 cm³/mol. The van der Waals surface area contributed by atoms with E-state index in [1.165, 1.54) is 96.6 Å². The summed E-state index contributed by atoms with van der Waals surface area (Å²) in [6.45, 7) is 29.2. The van der Waals surface area contributed by atoms with Crippen LogP contribution in [0.25, 0.3) is 0 Å². The van der Waals surface area contributed by atoms with Crippen LogP contribution in [0, 0.1) is 6.92 Å². The second-order valence-corrected chi connectivity index (χ2v) is 19.8. The summed E-state index contributed by atoms with van der Waals surface area (Å²) < 4.78 is 22.3. The van der Waals surface area contributed by atoms with Crippen molar-refractivity contribution >= 4 is 11.9 Å². The number of rotatable bonds is 33. The van der Waals surface area contributed by atoms with Gasteiger partial charge < -0.3 is 18.9 Å². The van der Waals surface area contributed by atoms with Crippen molar-refractivity contribution in [1.82, 2.24) is 0 Å². The summed E-state index contributed by atoms with van der Waals surface area (Å²) in [6.07, 6.45) is 44.3. The van der Waals surface area contributed by atoms with E-state index in [0.29, 0.717) is 17.5 Å². The van der Waals surface area contributed by atoms with E-state index in [1.807, 2.05) is 6.92 Å². The first-order valence-electron chi connectivity index (χ1n) is 26.0. The first-order valence-corrected chi connectivity index (χ1v) is 26.0. The lowest BCUT2D eigenvalue weighted by Crippen LogP contribution is -2.11. The van der Waals surface area contributed by atoms with Crippen LogP contribution in [0.15, 0.2) is 116 Å². The van der Waals surface area contributed by atoms with Gasteiger partial charge in [0.25, 0.3) is 0 Å². The zero-order valence-corrected chi connectivity index (χ0v) is 46.7. The van der Waals surface area contributed by atoms with E-state index in [0.717, 1.165) is 103 Å². The van der Waals surface area contributed by atoms with Gasteiger partial charge in [0, 0.05) is 25.0 Å². The van der Waals surface area contributed by atoms with Gasteiger partial charge in [0.05, 0.1) is 14.2 Å². The molecule has 0 radical (unpaired) electrons. The fourth-order valence-electron chi connectivity index (χ4n) is 8.11. The highest BCUT2D eigenvalue weighted by Gasteiger charge is 2.27. The molecule has 0 aliphatic heterocycles. The van der Waals surface area contributed by atoms with E-state index < -0.39 is 11.9 Å². The minimum absolute atomic E-state index is 0.211. The molecule has 1 aromatic rings. The molecule has 69 heavy (non-hydrogen) atoms. The molecule has 6 nitrogen and oxygen atoms in total. The van der Waals surface area contributed by atoms with Gasteiger partial charge in [-0.25, -0.2) is 0 Å². The van der Waals surface area contributed by atoms with Crippen LogP contribution in [0.1, 0.15) is 217 Å². The van der Waals surface area contributed by atoms with E-state index >= 15 is 0 Å². The Morgan fingerprint density at radius 3 is 0.812 bits per heavy atom. The Bertz CT molecular complexity index is 2080. The molecular formula is C63H96O6. The molecule has 1 rings (SSSR count). The van der Waals surface area contributed by atoms with Gasteiger partial charge in [0.2, 0.25) is 11.5 Å². The number of carbonyl (C=O) groups is 2. The fourth-order valence-corrected chi connectivity index (χ4v) is 8.11. The van der Waals surface area contributed by atoms with Crippen LogP contribution in [0.4, 0.5) is 0 Å². The minimum Gasteiger partial charge on any atom is -0.490 e. The van der Waals surface area contributed by atoms with Crippen LogP contribution in [0.3, 0.4) is 0 Å². The van der Waals surface area contributed by atoms with Gasteiger partial charge in [-0.05, 0) is 205 Å². The van der Waals surface area contributed by atoms with E-state index in [1.54, 1.807) is 0 Å². The van der Waals surface area contributed by atoms with E-state index in [-0.39, 0.29) is 23.0 Å². The standard InChI is InChI=1S/C63H96O6/c1-46(2)26-17-27-47(3)28-18-29-48(4)30-19-31-49(5)32-20-33-50(6)34-21-35-51(7)36-22-37-52(8)38-23-39-53(9)40-24-41-54(10)42-25-43-55(11)44-45-59-56(12)60(68-57(13)64)62(66-15)63(67-16)61(59)69-58(14)65/h26,28,30,32,34,36,38,40,42,44H,17-25,27,29,31,33,35,37,39,41,43,45H2,1-16H3/b47-28+,48-30+,49-32+,50-34+,51-36+,52-38+,53-40+,54-42+,55-44+. The Kier molecular flexibility index (Phi) is 32.6. The third kappa shape index (κ3) is 29.1. The van der Waals surface area contributed by atoms with Crippen LogP contribution >= 0.6 is 0 Å². The van der Waals surface area contributed by atoms with Gasteiger partial charge in [-0.15, -0.1) is 0 Å². The lowest BCUT2D eigenvalue weighted by atomic mass is 9.99. The average Bonchev–Trinajstić information content (AvgIpc) is 3.26. The minimum atomic E-state index is -0.480. The van der Waals surface area contributed by atoms with Crippen molar-refractivity contribution in [3.8, 4) is 23.0 Å². The Balaban J connectivity index is 2.45. The third-order valence-electron chi connectivity index (χ3n) is 12.6. The second-order valence-electron chi connectivity index (χ2n) is 19.8. The molecule has 0 heterocycles. The highest BCUT2D eigenvalue weighted by Crippen LogP contribution is 2.50. The number of benzene rings is 1. The molecule has 384 valence electrons. The molecule has 0 N–H and O–H groups in total. The average molecular weight is 949 g/mol. The zero-order chi connectivity index (χ0) is 51.7. The Hall–Kier alpha value is -4.84. The Labute approximate surface area is 422 Å². The molecule has 0 bridgehead atoms. The van der Waals surface area contributed by atoms with Gasteiger partial charge in [-0.3, -0.25) is 9.59 Å². The number of methoxy groups -OCH3 is 2. The Morgan fingerprint density at radius 2 is 0.565 bits per heavy atom. The first-order chi connectivity index (χ1) is 32.8. The predicted octanol–water partition coefficient (Wildman–Crippen LogP) is 18.9. The van der Waals surface area contributed by atoms with E-state index in [2.05, 4.69) is 137 Å². The normalized spacial score (nSPS) is 13.8. The molecule has 0 unspecified atom stereocenters. The first kappa shape index (κ1) is 62.2. The lowest BCUT2D eigenvalue weighted by molar-refractivity contribution is -0.133. The summed E-state index contributed by atoms with van der Waals surface area (Å²) in [5.41, 5.74) is 15.9. The molecule has 0 spiro atoms. The molecule has 0 fully saturated rings.